The largest absolute Gasteiger partial charge is 0.356 e. The molecule has 0 atom stereocenters. The molecule has 0 saturated heterocycles. The molecule has 0 aliphatic rings. The summed E-state index contributed by atoms with van der Waals surface area (Å²) in [6.45, 7) is 1.85. The van der Waals surface area contributed by atoms with Crippen LogP contribution in [-0.4, -0.2) is 17.4 Å². The lowest BCUT2D eigenvalue weighted by Gasteiger charge is -1.98. The predicted octanol–water partition coefficient (Wildman–Crippen LogP) is 2.27. The molecule has 1 rings (SSSR count). The molecule has 6 heteroatoms. The highest BCUT2D eigenvalue weighted by atomic mass is 19.1. The first-order valence-corrected chi connectivity index (χ1v) is 5.35. The monoisotopic (exact) mass is 252 g/mol. The Bertz CT molecular complexity index is 486. The minimum atomic E-state index is -0.575. The van der Waals surface area contributed by atoms with Gasteiger partial charge in [-0.2, -0.15) is 0 Å². The van der Waals surface area contributed by atoms with Crippen molar-refractivity contribution in [1.82, 2.24) is 5.32 Å². The van der Waals surface area contributed by atoms with Crippen LogP contribution in [0.5, 0.6) is 0 Å². The standard InChI is InChI=1S/C12H13FN2O3/c1-9(16)14-7-3-2-4-10-8-11(15(17)18)5-6-12(10)13/h2,4-6,8H,3,7H2,1H3,(H,14,16). The third-order valence-electron chi connectivity index (χ3n) is 2.17. The SMILES string of the molecule is CC(=O)NCCC=Cc1cc([N+](=O)[O-])ccc1F. The first kappa shape index (κ1) is 13.8. The number of amides is 1. The van der Waals surface area contributed by atoms with Crippen LogP contribution in [0.4, 0.5) is 10.1 Å². The fraction of sp³-hybridized carbons (Fsp3) is 0.250. The van der Waals surface area contributed by atoms with Crippen LogP contribution < -0.4 is 5.32 Å². The molecule has 0 radical (unpaired) electrons. The summed E-state index contributed by atoms with van der Waals surface area (Å²) in [5, 5.41) is 13.1. The minimum absolute atomic E-state index is 0.134. The molecule has 1 amide bonds. The summed E-state index contributed by atoms with van der Waals surface area (Å²) in [4.78, 5) is 20.5. The topological polar surface area (TPSA) is 72.2 Å². The molecule has 96 valence electrons. The van der Waals surface area contributed by atoms with Gasteiger partial charge in [0.1, 0.15) is 5.82 Å². The number of hydrogen-bond acceptors (Lipinski definition) is 3. The zero-order valence-corrected chi connectivity index (χ0v) is 9.85. The Hall–Kier alpha value is -2.24. The van der Waals surface area contributed by atoms with Crippen molar-refractivity contribution in [3.63, 3.8) is 0 Å². The minimum Gasteiger partial charge on any atom is -0.356 e. The van der Waals surface area contributed by atoms with Crippen LogP contribution >= 0.6 is 0 Å². The Morgan fingerprint density at radius 2 is 2.28 bits per heavy atom. The highest BCUT2D eigenvalue weighted by Crippen LogP contribution is 2.18. The Morgan fingerprint density at radius 1 is 1.56 bits per heavy atom. The second-order valence-electron chi connectivity index (χ2n) is 3.64. The van der Waals surface area contributed by atoms with E-state index in [1.165, 1.54) is 19.1 Å². The lowest BCUT2D eigenvalue weighted by molar-refractivity contribution is -0.384. The predicted molar refractivity (Wildman–Crippen MR) is 65.4 cm³/mol. The zero-order valence-electron chi connectivity index (χ0n) is 9.85. The van der Waals surface area contributed by atoms with Crippen molar-refractivity contribution in [3.8, 4) is 0 Å². The molecule has 5 nitrogen and oxygen atoms in total. The van der Waals surface area contributed by atoms with Gasteiger partial charge in [-0.1, -0.05) is 12.2 Å². The van der Waals surface area contributed by atoms with Gasteiger partial charge in [-0.05, 0) is 12.5 Å². The van der Waals surface area contributed by atoms with Crippen LogP contribution in [0.1, 0.15) is 18.9 Å². The lowest BCUT2D eigenvalue weighted by Crippen LogP contribution is -2.20. The molecule has 0 aliphatic carbocycles. The summed E-state index contributed by atoms with van der Waals surface area (Å²) in [5.41, 5.74) is 0.00457. The van der Waals surface area contributed by atoms with E-state index in [0.717, 1.165) is 12.1 Å². The first-order valence-electron chi connectivity index (χ1n) is 5.35. The van der Waals surface area contributed by atoms with Gasteiger partial charge < -0.3 is 5.32 Å². The fourth-order valence-electron chi connectivity index (χ4n) is 1.31. The molecule has 1 N–H and O–H groups in total. The molecule has 0 saturated carbocycles. The molecule has 0 fully saturated rings. The molecule has 0 bridgehead atoms. The van der Waals surface area contributed by atoms with Crippen LogP contribution in [0.3, 0.4) is 0 Å². The maximum atomic E-state index is 13.3. The summed E-state index contributed by atoms with van der Waals surface area (Å²) >= 11 is 0. The number of carbonyl (C=O) groups is 1. The van der Waals surface area contributed by atoms with Gasteiger partial charge in [-0.3, -0.25) is 14.9 Å². The van der Waals surface area contributed by atoms with Crippen LogP contribution in [0, 0.1) is 15.9 Å². The number of benzene rings is 1. The van der Waals surface area contributed by atoms with E-state index < -0.39 is 10.7 Å². The highest BCUT2D eigenvalue weighted by molar-refractivity contribution is 5.72. The second-order valence-corrected chi connectivity index (χ2v) is 3.64. The van der Waals surface area contributed by atoms with Gasteiger partial charge in [-0.15, -0.1) is 0 Å². The van der Waals surface area contributed by atoms with Crippen LogP contribution in [0.2, 0.25) is 0 Å². The Labute approximate surface area is 103 Å². The van der Waals surface area contributed by atoms with Crippen LogP contribution in [-0.2, 0) is 4.79 Å². The normalized spacial score (nSPS) is 10.6. The number of nitrogens with zero attached hydrogens (tertiary/aromatic N) is 1. The quantitative estimate of drug-likeness (QED) is 0.496. The molecule has 0 aliphatic heterocycles. The van der Waals surface area contributed by atoms with E-state index in [2.05, 4.69) is 5.32 Å². The fourth-order valence-corrected chi connectivity index (χ4v) is 1.31. The number of non-ortho nitro benzene ring substituents is 1. The molecule has 0 unspecified atom stereocenters. The molecule has 0 spiro atoms. The van der Waals surface area contributed by atoms with E-state index in [1.54, 1.807) is 6.08 Å². The maximum absolute atomic E-state index is 13.3. The Morgan fingerprint density at radius 3 is 2.89 bits per heavy atom. The number of carbonyl (C=O) groups excluding carboxylic acids is 1. The van der Waals surface area contributed by atoms with Gasteiger partial charge in [0, 0.05) is 31.2 Å². The van der Waals surface area contributed by atoms with E-state index in [1.807, 2.05) is 0 Å². The van der Waals surface area contributed by atoms with Gasteiger partial charge in [0.05, 0.1) is 4.92 Å². The molecule has 1 aromatic rings. The molecule has 1 aromatic carbocycles. The molecule has 0 heterocycles. The summed E-state index contributed by atoms with van der Waals surface area (Å²) in [6, 6.07) is 3.35. The number of rotatable bonds is 5. The molecular formula is C12H13FN2O3. The summed E-state index contributed by atoms with van der Waals surface area (Å²) < 4.78 is 13.3. The maximum Gasteiger partial charge on any atom is 0.270 e. The van der Waals surface area contributed by atoms with Gasteiger partial charge in [0.25, 0.3) is 5.69 Å². The first-order chi connectivity index (χ1) is 8.50. The lowest BCUT2D eigenvalue weighted by atomic mass is 10.1. The molecule has 0 aromatic heterocycles. The summed E-state index contributed by atoms with van der Waals surface area (Å²) in [5.74, 6) is -0.652. The van der Waals surface area contributed by atoms with Crippen molar-refractivity contribution >= 4 is 17.7 Å². The number of hydrogen-bond donors (Lipinski definition) is 1. The average Bonchev–Trinajstić information content (AvgIpc) is 2.30. The van der Waals surface area contributed by atoms with Gasteiger partial charge in [0.2, 0.25) is 5.91 Å². The van der Waals surface area contributed by atoms with Crippen LogP contribution in [0.25, 0.3) is 6.08 Å². The van der Waals surface area contributed by atoms with E-state index in [0.29, 0.717) is 13.0 Å². The second kappa shape index (κ2) is 6.48. The van der Waals surface area contributed by atoms with Crippen molar-refractivity contribution in [1.29, 1.82) is 0 Å². The van der Waals surface area contributed by atoms with Gasteiger partial charge >= 0.3 is 0 Å². The summed E-state index contributed by atoms with van der Waals surface area (Å²) in [6.07, 6.45) is 3.64. The average molecular weight is 252 g/mol. The Kier molecular flexibility index (Phi) is 4.98. The zero-order chi connectivity index (χ0) is 13.5. The van der Waals surface area contributed by atoms with Crippen molar-refractivity contribution in [3.05, 3.63) is 45.8 Å². The smallest absolute Gasteiger partial charge is 0.270 e. The number of nitrogens with one attached hydrogen (secondary N) is 1. The van der Waals surface area contributed by atoms with Crippen molar-refractivity contribution < 1.29 is 14.1 Å². The molecular weight excluding hydrogens is 239 g/mol. The van der Waals surface area contributed by atoms with E-state index in [4.69, 9.17) is 0 Å². The van der Waals surface area contributed by atoms with Crippen LogP contribution in [0.15, 0.2) is 24.3 Å². The highest BCUT2D eigenvalue weighted by Gasteiger charge is 2.08. The van der Waals surface area contributed by atoms with Gasteiger partial charge in [-0.25, -0.2) is 4.39 Å². The van der Waals surface area contributed by atoms with E-state index >= 15 is 0 Å². The van der Waals surface area contributed by atoms with E-state index in [-0.39, 0.29) is 17.2 Å². The van der Waals surface area contributed by atoms with E-state index in [9.17, 15) is 19.3 Å². The Balaban J connectivity index is 2.65. The molecule has 18 heavy (non-hydrogen) atoms. The third-order valence-corrected chi connectivity index (χ3v) is 2.17. The van der Waals surface area contributed by atoms with Crippen molar-refractivity contribution in [2.45, 2.75) is 13.3 Å². The number of nitro benzene ring substituents is 1. The summed E-state index contributed by atoms with van der Waals surface area (Å²) in [7, 11) is 0. The van der Waals surface area contributed by atoms with Gasteiger partial charge in [0.15, 0.2) is 0 Å². The van der Waals surface area contributed by atoms with Crippen molar-refractivity contribution in [2.75, 3.05) is 6.54 Å². The number of nitro groups is 1. The number of halogens is 1. The van der Waals surface area contributed by atoms with Crippen molar-refractivity contribution in [2.24, 2.45) is 0 Å². The third kappa shape index (κ3) is 4.32.